The fraction of sp³-hybridized carbons (Fsp3) is 0.333. The van der Waals surface area contributed by atoms with Gasteiger partial charge in [-0.25, -0.2) is 13.4 Å². The summed E-state index contributed by atoms with van der Waals surface area (Å²) < 4.78 is 67.1. The minimum Gasteiger partial charge on any atom is -0.340 e. The van der Waals surface area contributed by atoms with Crippen molar-refractivity contribution in [3.8, 4) is 0 Å². The first-order valence-electron chi connectivity index (χ1n) is 9.01. The third-order valence-electron chi connectivity index (χ3n) is 4.87. The molecular weight excluding hydrogens is 441 g/mol. The number of imidazole rings is 1. The van der Waals surface area contributed by atoms with Crippen LogP contribution in [-0.2, 0) is 27.4 Å². The van der Waals surface area contributed by atoms with Gasteiger partial charge in [-0.1, -0.05) is 6.07 Å². The maximum absolute atomic E-state index is 12.9. The molecular formula is C18H17F3N4O3S2. The molecule has 1 saturated heterocycles. The Morgan fingerprint density at radius 2 is 1.90 bits per heavy atom. The van der Waals surface area contributed by atoms with Gasteiger partial charge in [-0.3, -0.25) is 9.20 Å². The summed E-state index contributed by atoms with van der Waals surface area (Å²) in [5.41, 5.74) is -0.386. The lowest BCUT2D eigenvalue weighted by Crippen LogP contribution is -2.50. The second-order valence-corrected chi connectivity index (χ2v) is 9.62. The zero-order chi connectivity index (χ0) is 21.5. The fourth-order valence-electron chi connectivity index (χ4n) is 3.29. The highest BCUT2D eigenvalue weighted by atomic mass is 32.2. The van der Waals surface area contributed by atoms with E-state index < -0.39 is 26.7 Å². The minimum absolute atomic E-state index is 0.0165. The molecule has 30 heavy (non-hydrogen) atoms. The van der Waals surface area contributed by atoms with E-state index in [2.05, 4.69) is 4.98 Å². The number of carbonyl (C=O) groups excluding carboxylic acids is 1. The van der Waals surface area contributed by atoms with E-state index in [0.717, 1.165) is 27.5 Å². The van der Waals surface area contributed by atoms with Crippen molar-refractivity contribution in [2.24, 2.45) is 0 Å². The number of nitrogens with zero attached hydrogens (tertiary/aromatic N) is 4. The number of sulfonamides is 1. The van der Waals surface area contributed by atoms with Crippen LogP contribution in [0.15, 0.2) is 46.9 Å². The van der Waals surface area contributed by atoms with Crippen LogP contribution in [0.2, 0.25) is 0 Å². The molecule has 1 aromatic carbocycles. The molecule has 0 radical (unpaired) electrons. The Labute approximate surface area is 174 Å². The molecule has 0 spiro atoms. The number of halogens is 3. The molecule has 0 bridgehead atoms. The highest BCUT2D eigenvalue weighted by Crippen LogP contribution is 2.31. The number of fused-ring (bicyclic) bond motifs is 1. The van der Waals surface area contributed by atoms with Gasteiger partial charge in [-0.2, -0.15) is 17.5 Å². The number of benzene rings is 1. The third-order valence-corrected chi connectivity index (χ3v) is 7.53. The van der Waals surface area contributed by atoms with E-state index in [9.17, 15) is 26.4 Å². The Kier molecular flexibility index (Phi) is 5.32. The highest BCUT2D eigenvalue weighted by molar-refractivity contribution is 7.89. The third kappa shape index (κ3) is 4.07. The summed E-state index contributed by atoms with van der Waals surface area (Å²) >= 11 is 1.46. The lowest BCUT2D eigenvalue weighted by Gasteiger charge is -2.34. The van der Waals surface area contributed by atoms with E-state index in [4.69, 9.17) is 0 Å². The summed E-state index contributed by atoms with van der Waals surface area (Å²) in [6.45, 7) is 0.365. The zero-order valence-corrected chi connectivity index (χ0v) is 17.2. The largest absolute Gasteiger partial charge is 0.416 e. The van der Waals surface area contributed by atoms with Crippen molar-refractivity contribution in [3.05, 3.63) is 53.3 Å². The molecule has 3 aromatic rings. The lowest BCUT2D eigenvalue weighted by atomic mass is 10.2. The van der Waals surface area contributed by atoms with Crippen molar-refractivity contribution in [1.29, 1.82) is 0 Å². The number of carbonyl (C=O) groups is 1. The summed E-state index contributed by atoms with van der Waals surface area (Å²) in [4.78, 5) is 18.8. The predicted molar refractivity (Wildman–Crippen MR) is 104 cm³/mol. The average Bonchev–Trinajstić information content (AvgIpc) is 3.29. The van der Waals surface area contributed by atoms with Crippen LogP contribution in [0.1, 0.15) is 11.3 Å². The van der Waals surface area contributed by atoms with Crippen molar-refractivity contribution in [2.75, 3.05) is 26.2 Å². The molecule has 0 aliphatic carbocycles. The number of aromatic nitrogens is 2. The lowest BCUT2D eigenvalue weighted by molar-refractivity contribution is -0.137. The Balaban J connectivity index is 1.41. The second kappa shape index (κ2) is 7.67. The number of thiazole rings is 1. The molecule has 1 fully saturated rings. The summed E-state index contributed by atoms with van der Waals surface area (Å²) in [6, 6.07) is 3.69. The standard InChI is InChI=1S/C18H17F3N4O3S2/c19-18(20,21)13-2-1-3-15(10-13)30(27,28)25-6-4-23(5-7-25)16(26)11-14-12-24-8-9-29-17(24)22-14/h1-3,8-10,12H,4-7,11H2. The highest BCUT2D eigenvalue weighted by Gasteiger charge is 2.34. The van der Waals surface area contributed by atoms with Gasteiger partial charge in [0.1, 0.15) is 0 Å². The molecule has 3 heterocycles. The van der Waals surface area contributed by atoms with Crippen molar-refractivity contribution in [2.45, 2.75) is 17.5 Å². The molecule has 0 unspecified atom stereocenters. The first-order valence-corrected chi connectivity index (χ1v) is 11.3. The number of rotatable bonds is 4. The number of alkyl halides is 3. The maximum atomic E-state index is 12.9. The zero-order valence-electron chi connectivity index (χ0n) is 15.5. The Hall–Kier alpha value is -2.44. The molecule has 2 aromatic heterocycles. The van der Waals surface area contributed by atoms with Gasteiger partial charge in [-0.15, -0.1) is 11.3 Å². The van der Waals surface area contributed by atoms with Crippen LogP contribution in [0.5, 0.6) is 0 Å². The van der Waals surface area contributed by atoms with Crippen LogP contribution in [0, 0.1) is 0 Å². The first-order chi connectivity index (χ1) is 14.1. The smallest absolute Gasteiger partial charge is 0.340 e. The van der Waals surface area contributed by atoms with E-state index in [1.54, 1.807) is 11.1 Å². The maximum Gasteiger partial charge on any atom is 0.416 e. The van der Waals surface area contributed by atoms with E-state index >= 15 is 0 Å². The van der Waals surface area contributed by atoms with Crippen LogP contribution >= 0.6 is 11.3 Å². The van der Waals surface area contributed by atoms with Crippen molar-refractivity contribution >= 4 is 32.2 Å². The molecule has 1 aliphatic rings. The van der Waals surface area contributed by atoms with E-state index in [1.165, 1.54) is 11.3 Å². The molecule has 0 saturated carbocycles. The van der Waals surface area contributed by atoms with Gasteiger partial charge in [0.25, 0.3) is 0 Å². The van der Waals surface area contributed by atoms with E-state index in [0.29, 0.717) is 11.8 Å². The molecule has 0 N–H and O–H groups in total. The fourth-order valence-corrected chi connectivity index (χ4v) is 5.48. The molecule has 4 rings (SSSR count). The minimum atomic E-state index is -4.63. The Bertz CT molecular complexity index is 1150. The number of hydrogen-bond donors (Lipinski definition) is 0. The van der Waals surface area contributed by atoms with Crippen LogP contribution in [0.4, 0.5) is 13.2 Å². The monoisotopic (exact) mass is 458 g/mol. The van der Waals surface area contributed by atoms with Crippen LogP contribution < -0.4 is 0 Å². The average molecular weight is 458 g/mol. The second-order valence-electron chi connectivity index (χ2n) is 6.81. The predicted octanol–water partition coefficient (Wildman–Crippen LogP) is 2.49. The molecule has 1 aliphatic heterocycles. The first kappa shape index (κ1) is 20.8. The quantitative estimate of drug-likeness (QED) is 0.602. The van der Waals surface area contributed by atoms with Gasteiger partial charge >= 0.3 is 6.18 Å². The van der Waals surface area contributed by atoms with Gasteiger partial charge in [0.15, 0.2) is 4.96 Å². The summed E-state index contributed by atoms with van der Waals surface area (Å²) in [6.07, 6.45) is -0.899. The number of amides is 1. The van der Waals surface area contributed by atoms with E-state index in [1.807, 2.05) is 16.0 Å². The van der Waals surface area contributed by atoms with Crippen LogP contribution in [-0.4, -0.2) is 59.1 Å². The molecule has 1 amide bonds. The van der Waals surface area contributed by atoms with Gasteiger partial charge in [-0.05, 0) is 18.2 Å². The van der Waals surface area contributed by atoms with Gasteiger partial charge in [0, 0.05) is 44.0 Å². The Morgan fingerprint density at radius 3 is 2.57 bits per heavy atom. The topological polar surface area (TPSA) is 75.0 Å². The van der Waals surface area contributed by atoms with Crippen LogP contribution in [0.25, 0.3) is 4.96 Å². The molecule has 7 nitrogen and oxygen atoms in total. The summed E-state index contributed by atoms with van der Waals surface area (Å²) in [5.74, 6) is -0.170. The van der Waals surface area contributed by atoms with Crippen molar-refractivity contribution < 1.29 is 26.4 Å². The molecule has 0 atom stereocenters. The molecule has 160 valence electrons. The summed E-state index contributed by atoms with van der Waals surface area (Å²) in [7, 11) is -4.08. The van der Waals surface area contributed by atoms with Crippen molar-refractivity contribution in [3.63, 3.8) is 0 Å². The molecule has 12 heteroatoms. The van der Waals surface area contributed by atoms with Gasteiger partial charge in [0.05, 0.1) is 22.6 Å². The van der Waals surface area contributed by atoms with Crippen molar-refractivity contribution in [1.82, 2.24) is 18.6 Å². The van der Waals surface area contributed by atoms with Crippen LogP contribution in [0.3, 0.4) is 0 Å². The van der Waals surface area contributed by atoms with Gasteiger partial charge in [0.2, 0.25) is 15.9 Å². The van der Waals surface area contributed by atoms with E-state index in [-0.39, 0.29) is 38.5 Å². The Morgan fingerprint density at radius 1 is 1.17 bits per heavy atom. The number of hydrogen-bond acceptors (Lipinski definition) is 5. The SMILES string of the molecule is O=C(Cc1cn2ccsc2n1)N1CCN(S(=O)(=O)c2cccc(C(F)(F)F)c2)CC1. The summed E-state index contributed by atoms with van der Waals surface area (Å²) in [5, 5.41) is 1.89. The number of piperazine rings is 1. The van der Waals surface area contributed by atoms with Gasteiger partial charge < -0.3 is 4.90 Å². The normalized spacial score (nSPS) is 16.3.